The molecule has 2 atom stereocenters. The van der Waals surface area contributed by atoms with Crippen LogP contribution >= 0.6 is 0 Å². The van der Waals surface area contributed by atoms with Crippen LogP contribution in [0.25, 0.3) is 0 Å². The third-order valence-electron chi connectivity index (χ3n) is 6.68. The molecule has 1 aromatic carbocycles. The third kappa shape index (κ3) is 3.48. The van der Waals surface area contributed by atoms with Gasteiger partial charge in [0, 0.05) is 45.3 Å². The van der Waals surface area contributed by atoms with Crippen molar-refractivity contribution in [1.82, 2.24) is 15.1 Å². The van der Waals surface area contributed by atoms with Crippen LogP contribution in [0.5, 0.6) is 0 Å². The number of likely N-dealkylation sites (tertiary alicyclic amines) is 2. The van der Waals surface area contributed by atoms with E-state index in [2.05, 4.69) is 5.32 Å². The smallest absolute Gasteiger partial charge is 0.317 e. The number of carbonyl (C=O) groups is 2. The minimum atomic E-state index is -0.260. The number of likely N-dealkylation sites (N-methyl/N-ethyl adjacent to an activating group) is 1. The first-order chi connectivity index (χ1) is 13.5. The number of hydrogen-bond acceptors (Lipinski definition) is 3. The van der Waals surface area contributed by atoms with E-state index in [-0.39, 0.29) is 35.1 Å². The Morgan fingerprint density at radius 3 is 2.71 bits per heavy atom. The molecule has 6 nitrogen and oxygen atoms in total. The summed E-state index contributed by atoms with van der Waals surface area (Å²) in [6.07, 6.45) is 3.28. The van der Waals surface area contributed by atoms with Gasteiger partial charge in [-0.15, -0.1) is 0 Å². The van der Waals surface area contributed by atoms with Crippen LogP contribution in [0.15, 0.2) is 24.3 Å². The summed E-state index contributed by atoms with van der Waals surface area (Å²) >= 11 is 0. The molecule has 1 aromatic rings. The average molecular weight is 389 g/mol. The van der Waals surface area contributed by atoms with E-state index < -0.39 is 0 Å². The second-order valence-electron chi connectivity index (χ2n) is 8.29. The van der Waals surface area contributed by atoms with Crippen molar-refractivity contribution in [3.8, 4) is 0 Å². The van der Waals surface area contributed by atoms with Crippen molar-refractivity contribution < 1.29 is 18.7 Å². The highest BCUT2D eigenvalue weighted by molar-refractivity contribution is 5.84. The van der Waals surface area contributed by atoms with Crippen molar-refractivity contribution in [3.05, 3.63) is 35.6 Å². The fourth-order valence-corrected chi connectivity index (χ4v) is 4.96. The lowest BCUT2D eigenvalue weighted by atomic mass is 9.74. The number of piperidine rings is 1. The predicted octanol–water partition coefficient (Wildman–Crippen LogP) is 2.14. The lowest BCUT2D eigenvalue weighted by Crippen LogP contribution is -2.55. The van der Waals surface area contributed by atoms with Crippen molar-refractivity contribution in [2.45, 2.75) is 37.1 Å². The zero-order valence-corrected chi connectivity index (χ0v) is 16.3. The summed E-state index contributed by atoms with van der Waals surface area (Å²) in [7, 11) is 1.81. The molecule has 7 heteroatoms. The highest BCUT2D eigenvalue weighted by atomic mass is 19.1. The number of fused-ring (bicyclic) bond motifs is 1. The van der Waals surface area contributed by atoms with E-state index in [1.807, 2.05) is 24.1 Å². The fraction of sp³-hybridized carbons (Fsp3) is 0.619. The molecule has 3 heterocycles. The summed E-state index contributed by atoms with van der Waals surface area (Å²) in [5.74, 6) is -0.183. The van der Waals surface area contributed by atoms with Crippen LogP contribution < -0.4 is 5.32 Å². The van der Waals surface area contributed by atoms with Crippen molar-refractivity contribution in [2.24, 2.45) is 5.92 Å². The molecule has 0 bridgehead atoms. The van der Waals surface area contributed by atoms with Gasteiger partial charge in [0.1, 0.15) is 5.82 Å². The van der Waals surface area contributed by atoms with Crippen molar-refractivity contribution in [1.29, 1.82) is 0 Å². The number of hydrogen-bond donors (Lipinski definition) is 1. The number of urea groups is 1. The van der Waals surface area contributed by atoms with Crippen LogP contribution in [-0.4, -0.2) is 67.7 Å². The Labute approximate surface area is 165 Å². The summed E-state index contributed by atoms with van der Waals surface area (Å²) in [5, 5.41) is 3.13. The Balaban J connectivity index is 1.47. The summed E-state index contributed by atoms with van der Waals surface area (Å²) in [6, 6.07) is 6.43. The van der Waals surface area contributed by atoms with Crippen LogP contribution in [-0.2, 0) is 14.9 Å². The molecule has 0 saturated carbocycles. The summed E-state index contributed by atoms with van der Waals surface area (Å²) in [6.45, 7) is 3.02. The maximum absolute atomic E-state index is 13.4. The third-order valence-corrected chi connectivity index (χ3v) is 6.68. The van der Waals surface area contributed by atoms with E-state index in [9.17, 15) is 14.0 Å². The first-order valence-corrected chi connectivity index (χ1v) is 10.1. The van der Waals surface area contributed by atoms with Crippen LogP contribution in [0, 0.1) is 11.7 Å². The SMILES string of the molecule is CN1C[C@@H]2[C@@H](CCCN2C(=O)NCC2(c3ccc(F)cc3)CCOCC2)C1=O. The zero-order chi connectivity index (χ0) is 19.7. The van der Waals surface area contributed by atoms with Gasteiger partial charge in [-0.25, -0.2) is 9.18 Å². The van der Waals surface area contributed by atoms with Gasteiger partial charge in [0.15, 0.2) is 0 Å². The van der Waals surface area contributed by atoms with Gasteiger partial charge in [-0.2, -0.15) is 0 Å². The van der Waals surface area contributed by atoms with E-state index in [4.69, 9.17) is 4.74 Å². The molecule has 0 radical (unpaired) electrons. The molecule has 1 N–H and O–H groups in total. The van der Waals surface area contributed by atoms with Gasteiger partial charge in [0.05, 0.1) is 12.0 Å². The van der Waals surface area contributed by atoms with Crippen LogP contribution in [0.1, 0.15) is 31.2 Å². The van der Waals surface area contributed by atoms with Crippen LogP contribution in [0.2, 0.25) is 0 Å². The molecular formula is C21H28FN3O3. The van der Waals surface area contributed by atoms with Gasteiger partial charge in [0.25, 0.3) is 0 Å². The molecular weight excluding hydrogens is 361 g/mol. The number of nitrogens with one attached hydrogen (secondary N) is 1. The van der Waals surface area contributed by atoms with E-state index in [0.717, 1.165) is 31.2 Å². The normalized spacial score (nSPS) is 26.9. The lowest BCUT2D eigenvalue weighted by Gasteiger charge is -2.40. The van der Waals surface area contributed by atoms with Gasteiger partial charge in [-0.3, -0.25) is 4.79 Å². The molecule has 3 fully saturated rings. The second kappa shape index (κ2) is 7.70. The summed E-state index contributed by atoms with van der Waals surface area (Å²) in [4.78, 5) is 28.9. The average Bonchev–Trinajstić information content (AvgIpc) is 3.01. The van der Waals surface area contributed by atoms with Gasteiger partial charge in [-0.05, 0) is 43.4 Å². The number of nitrogens with zero attached hydrogens (tertiary/aromatic N) is 2. The first kappa shape index (κ1) is 19.2. The van der Waals surface area contributed by atoms with Gasteiger partial charge in [-0.1, -0.05) is 12.1 Å². The molecule has 0 spiro atoms. The van der Waals surface area contributed by atoms with Gasteiger partial charge in [0.2, 0.25) is 5.91 Å². The molecule has 152 valence electrons. The molecule has 0 unspecified atom stereocenters. The second-order valence-corrected chi connectivity index (χ2v) is 8.29. The Bertz CT molecular complexity index is 733. The van der Waals surface area contributed by atoms with E-state index >= 15 is 0 Å². The Kier molecular flexibility index (Phi) is 5.27. The van der Waals surface area contributed by atoms with Crippen LogP contribution in [0.3, 0.4) is 0 Å². The molecule has 0 aliphatic carbocycles. The maximum Gasteiger partial charge on any atom is 0.317 e. The molecule has 28 heavy (non-hydrogen) atoms. The number of benzene rings is 1. The number of amides is 3. The topological polar surface area (TPSA) is 61.9 Å². The molecule has 3 aliphatic heterocycles. The number of carbonyl (C=O) groups excluding carboxylic acids is 2. The number of rotatable bonds is 3. The van der Waals surface area contributed by atoms with Crippen molar-refractivity contribution in [3.63, 3.8) is 0 Å². The zero-order valence-electron chi connectivity index (χ0n) is 16.3. The van der Waals surface area contributed by atoms with E-state index in [1.165, 1.54) is 12.1 Å². The number of ether oxygens (including phenoxy) is 1. The molecule has 3 aliphatic rings. The maximum atomic E-state index is 13.4. The lowest BCUT2D eigenvalue weighted by molar-refractivity contribution is -0.130. The summed E-state index contributed by atoms with van der Waals surface area (Å²) in [5.41, 5.74) is 0.781. The van der Waals surface area contributed by atoms with E-state index in [0.29, 0.717) is 32.8 Å². The Morgan fingerprint density at radius 1 is 1.29 bits per heavy atom. The van der Waals surface area contributed by atoms with Crippen molar-refractivity contribution >= 4 is 11.9 Å². The monoisotopic (exact) mass is 389 g/mol. The Hall–Kier alpha value is -2.15. The molecule has 3 amide bonds. The summed E-state index contributed by atoms with van der Waals surface area (Å²) < 4.78 is 18.9. The Morgan fingerprint density at radius 2 is 2.00 bits per heavy atom. The van der Waals surface area contributed by atoms with Crippen molar-refractivity contribution in [2.75, 3.05) is 39.9 Å². The molecule has 4 rings (SSSR count). The minimum Gasteiger partial charge on any atom is -0.381 e. The van der Waals surface area contributed by atoms with Crippen LogP contribution in [0.4, 0.5) is 9.18 Å². The van der Waals surface area contributed by atoms with E-state index in [1.54, 1.807) is 4.90 Å². The fourth-order valence-electron chi connectivity index (χ4n) is 4.96. The quantitative estimate of drug-likeness (QED) is 0.862. The standard InChI is InChI=1S/C21H28FN3O3/c1-24-13-18-17(19(24)26)3-2-10-25(18)20(27)23-14-21(8-11-28-12-9-21)15-4-6-16(22)7-5-15/h4-7,17-18H,2-3,8-14H2,1H3,(H,23,27)/t17-,18-/m1/s1. The molecule has 0 aromatic heterocycles. The molecule has 3 saturated heterocycles. The first-order valence-electron chi connectivity index (χ1n) is 10.1. The van der Waals surface area contributed by atoms with Gasteiger partial charge < -0.3 is 19.9 Å². The highest BCUT2D eigenvalue weighted by Crippen LogP contribution is 2.35. The highest BCUT2D eigenvalue weighted by Gasteiger charge is 2.45. The minimum absolute atomic E-state index is 0.0392. The predicted molar refractivity (Wildman–Crippen MR) is 102 cm³/mol. The van der Waals surface area contributed by atoms with Gasteiger partial charge >= 0.3 is 6.03 Å². The largest absolute Gasteiger partial charge is 0.381 e. The number of halogens is 1.